The minimum atomic E-state index is -0.544. The molecule has 0 bridgehead atoms. The van der Waals surface area contributed by atoms with E-state index in [1.165, 1.54) is 0 Å². The highest BCUT2D eigenvalue weighted by atomic mass is 35.5. The van der Waals surface area contributed by atoms with Crippen molar-refractivity contribution in [3.8, 4) is 0 Å². The minimum Gasteiger partial charge on any atom is -0.388 e. The summed E-state index contributed by atoms with van der Waals surface area (Å²) in [5, 5.41) is 13.6. The fraction of sp³-hybridized carbons (Fsp3) is 0.667. The molecule has 0 aliphatic heterocycles. The van der Waals surface area contributed by atoms with Crippen molar-refractivity contribution < 1.29 is 5.11 Å². The van der Waals surface area contributed by atoms with Crippen molar-refractivity contribution >= 4 is 17.4 Å². The highest BCUT2D eigenvalue weighted by Crippen LogP contribution is 2.39. The van der Waals surface area contributed by atoms with Crippen LogP contribution >= 0.6 is 11.6 Å². The first kappa shape index (κ1) is 11.2. The van der Waals surface area contributed by atoms with Gasteiger partial charge in [0.15, 0.2) is 0 Å². The fourth-order valence-electron chi connectivity index (χ4n) is 2.07. The van der Waals surface area contributed by atoms with Gasteiger partial charge in [0, 0.05) is 18.5 Å². The van der Waals surface area contributed by atoms with Crippen LogP contribution in [0.5, 0.6) is 0 Å². The number of anilines is 1. The van der Waals surface area contributed by atoms with Crippen molar-refractivity contribution in [1.29, 1.82) is 0 Å². The summed E-state index contributed by atoms with van der Waals surface area (Å²) in [7, 11) is 0. The Labute approximate surface area is 105 Å². The standard InChI is InChI=1S/C12H16ClN3O/c13-9-6-10(14-7-12(17)4-1-5-12)16-11(15-9)8-2-3-8/h6,8,17H,1-5,7H2,(H,14,15,16). The van der Waals surface area contributed by atoms with Crippen LogP contribution in [0.1, 0.15) is 43.8 Å². The number of hydrogen-bond donors (Lipinski definition) is 2. The molecule has 0 saturated heterocycles. The molecule has 2 aliphatic carbocycles. The third-order valence-electron chi connectivity index (χ3n) is 3.54. The van der Waals surface area contributed by atoms with Gasteiger partial charge in [0.1, 0.15) is 16.8 Å². The van der Waals surface area contributed by atoms with Crippen LogP contribution in [-0.4, -0.2) is 27.2 Å². The van der Waals surface area contributed by atoms with Crippen molar-refractivity contribution in [3.63, 3.8) is 0 Å². The lowest BCUT2D eigenvalue weighted by atomic mass is 9.80. The van der Waals surface area contributed by atoms with Crippen molar-refractivity contribution in [2.75, 3.05) is 11.9 Å². The summed E-state index contributed by atoms with van der Waals surface area (Å²) in [6.07, 6.45) is 5.16. The van der Waals surface area contributed by atoms with E-state index in [0.717, 1.165) is 43.7 Å². The summed E-state index contributed by atoms with van der Waals surface area (Å²) < 4.78 is 0. The number of rotatable bonds is 4. The Kier molecular flexibility index (Phi) is 2.71. The lowest BCUT2D eigenvalue weighted by Crippen LogP contribution is -2.43. The maximum atomic E-state index is 9.99. The molecule has 0 atom stereocenters. The van der Waals surface area contributed by atoms with Crippen LogP contribution in [0.3, 0.4) is 0 Å². The van der Waals surface area contributed by atoms with E-state index in [1.807, 2.05) is 0 Å². The molecule has 1 aromatic rings. The molecular formula is C12H16ClN3O. The largest absolute Gasteiger partial charge is 0.388 e. The van der Waals surface area contributed by atoms with Crippen molar-refractivity contribution in [3.05, 3.63) is 17.0 Å². The van der Waals surface area contributed by atoms with Crippen molar-refractivity contribution in [2.45, 2.75) is 43.6 Å². The normalized spacial score (nSPS) is 22.0. The monoisotopic (exact) mass is 253 g/mol. The first-order valence-corrected chi connectivity index (χ1v) is 6.53. The molecule has 5 heteroatoms. The first-order chi connectivity index (χ1) is 8.15. The van der Waals surface area contributed by atoms with E-state index in [0.29, 0.717) is 17.6 Å². The van der Waals surface area contributed by atoms with E-state index >= 15 is 0 Å². The predicted molar refractivity (Wildman–Crippen MR) is 66.3 cm³/mol. The maximum absolute atomic E-state index is 9.99. The van der Waals surface area contributed by atoms with Gasteiger partial charge in [-0.3, -0.25) is 0 Å². The zero-order valence-electron chi connectivity index (χ0n) is 9.62. The second-order valence-corrected chi connectivity index (χ2v) is 5.53. The number of halogens is 1. The number of nitrogens with one attached hydrogen (secondary N) is 1. The molecule has 1 aromatic heterocycles. The Morgan fingerprint density at radius 3 is 2.76 bits per heavy atom. The molecule has 0 spiro atoms. The molecule has 0 radical (unpaired) electrons. The summed E-state index contributed by atoms with van der Waals surface area (Å²) in [5.74, 6) is 2.05. The average Bonchev–Trinajstić information content (AvgIpc) is 3.06. The minimum absolute atomic E-state index is 0.477. The lowest BCUT2D eigenvalue weighted by molar-refractivity contribution is -0.0202. The van der Waals surface area contributed by atoms with Crippen LogP contribution < -0.4 is 5.32 Å². The lowest BCUT2D eigenvalue weighted by Gasteiger charge is -2.36. The number of aliphatic hydroxyl groups is 1. The van der Waals surface area contributed by atoms with Crippen LogP contribution in [0.15, 0.2) is 6.07 Å². The van der Waals surface area contributed by atoms with Crippen molar-refractivity contribution in [1.82, 2.24) is 9.97 Å². The van der Waals surface area contributed by atoms with Crippen LogP contribution in [-0.2, 0) is 0 Å². The second-order valence-electron chi connectivity index (χ2n) is 5.14. The van der Waals surface area contributed by atoms with E-state index in [4.69, 9.17) is 11.6 Å². The van der Waals surface area contributed by atoms with Gasteiger partial charge in [0.25, 0.3) is 0 Å². The average molecular weight is 254 g/mol. The Morgan fingerprint density at radius 2 is 2.18 bits per heavy atom. The van der Waals surface area contributed by atoms with Gasteiger partial charge in [-0.05, 0) is 32.1 Å². The van der Waals surface area contributed by atoms with Crippen LogP contribution in [0.4, 0.5) is 5.82 Å². The quantitative estimate of drug-likeness (QED) is 0.809. The Balaban J connectivity index is 1.69. The van der Waals surface area contributed by atoms with Gasteiger partial charge < -0.3 is 10.4 Å². The SMILES string of the molecule is OC1(CNc2cc(Cl)nc(C3CC3)n2)CCC1. The van der Waals surface area contributed by atoms with E-state index in [2.05, 4.69) is 15.3 Å². The molecule has 0 amide bonds. The molecule has 2 fully saturated rings. The van der Waals surface area contributed by atoms with E-state index in [-0.39, 0.29) is 0 Å². The van der Waals surface area contributed by atoms with Crippen molar-refractivity contribution in [2.24, 2.45) is 0 Å². The van der Waals surface area contributed by atoms with Crippen LogP contribution in [0, 0.1) is 0 Å². The van der Waals surface area contributed by atoms with Gasteiger partial charge in [-0.25, -0.2) is 9.97 Å². The highest BCUT2D eigenvalue weighted by molar-refractivity contribution is 6.29. The molecule has 0 unspecified atom stereocenters. The molecule has 92 valence electrons. The van der Waals surface area contributed by atoms with Gasteiger partial charge in [0.2, 0.25) is 0 Å². The summed E-state index contributed by atoms with van der Waals surface area (Å²) in [6.45, 7) is 0.546. The molecule has 17 heavy (non-hydrogen) atoms. The predicted octanol–water partition coefficient (Wildman–Crippen LogP) is 2.33. The zero-order chi connectivity index (χ0) is 11.9. The molecular weight excluding hydrogens is 238 g/mol. The maximum Gasteiger partial charge on any atom is 0.135 e. The van der Waals surface area contributed by atoms with E-state index < -0.39 is 5.60 Å². The molecule has 2 N–H and O–H groups in total. The first-order valence-electron chi connectivity index (χ1n) is 6.15. The zero-order valence-corrected chi connectivity index (χ0v) is 10.4. The Morgan fingerprint density at radius 1 is 1.41 bits per heavy atom. The van der Waals surface area contributed by atoms with Gasteiger partial charge in [-0.15, -0.1) is 0 Å². The topological polar surface area (TPSA) is 58.0 Å². The Bertz CT molecular complexity index is 430. The molecule has 1 heterocycles. The van der Waals surface area contributed by atoms with Crippen LogP contribution in [0.2, 0.25) is 5.15 Å². The van der Waals surface area contributed by atoms with Gasteiger partial charge in [-0.2, -0.15) is 0 Å². The van der Waals surface area contributed by atoms with E-state index in [9.17, 15) is 5.11 Å². The summed E-state index contributed by atoms with van der Waals surface area (Å²) in [5.41, 5.74) is -0.544. The molecule has 3 rings (SSSR count). The third kappa shape index (κ3) is 2.53. The highest BCUT2D eigenvalue weighted by Gasteiger charge is 2.34. The Hall–Kier alpha value is -0.870. The summed E-state index contributed by atoms with van der Waals surface area (Å²) >= 11 is 5.97. The van der Waals surface area contributed by atoms with Crippen LogP contribution in [0.25, 0.3) is 0 Å². The van der Waals surface area contributed by atoms with Gasteiger partial charge in [0.05, 0.1) is 5.60 Å². The number of aromatic nitrogens is 2. The second kappa shape index (κ2) is 4.10. The smallest absolute Gasteiger partial charge is 0.135 e. The molecule has 2 aliphatic rings. The van der Waals surface area contributed by atoms with Gasteiger partial charge in [-0.1, -0.05) is 11.6 Å². The van der Waals surface area contributed by atoms with Gasteiger partial charge >= 0.3 is 0 Å². The molecule has 2 saturated carbocycles. The number of hydrogen-bond acceptors (Lipinski definition) is 4. The number of nitrogens with zero attached hydrogens (tertiary/aromatic N) is 2. The summed E-state index contributed by atoms with van der Waals surface area (Å²) in [6, 6.07) is 1.72. The van der Waals surface area contributed by atoms with E-state index in [1.54, 1.807) is 6.07 Å². The summed E-state index contributed by atoms with van der Waals surface area (Å²) in [4.78, 5) is 8.67. The molecule has 4 nitrogen and oxygen atoms in total. The fourth-order valence-corrected chi connectivity index (χ4v) is 2.26. The molecule has 0 aromatic carbocycles. The third-order valence-corrected chi connectivity index (χ3v) is 3.73.